The number of rotatable bonds is 4. The normalized spacial score (nSPS) is 10.5. The van der Waals surface area contributed by atoms with Gasteiger partial charge in [-0.05, 0) is 23.6 Å². The maximum absolute atomic E-state index is 13.6. The van der Waals surface area contributed by atoms with Gasteiger partial charge in [0.2, 0.25) is 0 Å². The van der Waals surface area contributed by atoms with Crippen LogP contribution in [-0.2, 0) is 6.61 Å². The van der Waals surface area contributed by atoms with E-state index in [4.69, 9.17) is 10.1 Å². The van der Waals surface area contributed by atoms with Crippen LogP contribution < -0.4 is 4.74 Å². The Morgan fingerprint density at radius 1 is 0.905 bits per heavy atom. The summed E-state index contributed by atoms with van der Waals surface area (Å²) < 4.78 is 19.4. The first-order valence-electron chi connectivity index (χ1n) is 6.68. The van der Waals surface area contributed by atoms with Gasteiger partial charge in [0, 0.05) is 22.7 Å². The lowest BCUT2D eigenvalue weighted by molar-refractivity contribution is 0.303. The molecule has 0 aliphatic rings. The molecule has 0 radical (unpaired) electrons. The molecule has 1 N–H and O–H groups in total. The Kier molecular flexibility index (Phi) is 3.65. The molecule has 0 saturated heterocycles. The summed E-state index contributed by atoms with van der Waals surface area (Å²) in [6, 6.07) is 18.0. The van der Waals surface area contributed by atoms with Gasteiger partial charge in [0.05, 0.1) is 0 Å². The van der Waals surface area contributed by atoms with Crippen LogP contribution in [0, 0.1) is 11.2 Å². The van der Waals surface area contributed by atoms with Crippen LogP contribution >= 0.6 is 0 Å². The number of hydrogen-bond acceptors (Lipinski definition) is 2. The number of ether oxygens (including phenoxy) is 1. The van der Waals surface area contributed by atoms with E-state index in [1.165, 1.54) is 12.3 Å². The first-order chi connectivity index (χ1) is 10.3. The van der Waals surface area contributed by atoms with E-state index in [1.54, 1.807) is 18.2 Å². The van der Waals surface area contributed by atoms with Gasteiger partial charge in [0.1, 0.15) is 18.2 Å². The summed E-state index contributed by atoms with van der Waals surface area (Å²) >= 11 is 0. The van der Waals surface area contributed by atoms with E-state index in [9.17, 15) is 4.39 Å². The molecule has 0 heterocycles. The summed E-state index contributed by atoms with van der Waals surface area (Å²) in [5, 5.41) is 9.33. The fourth-order valence-electron chi connectivity index (χ4n) is 2.32. The molecule has 104 valence electrons. The molecule has 3 aromatic carbocycles. The van der Waals surface area contributed by atoms with Gasteiger partial charge in [-0.15, -0.1) is 0 Å². The van der Waals surface area contributed by atoms with E-state index >= 15 is 0 Å². The van der Waals surface area contributed by atoms with Crippen LogP contribution in [0.25, 0.3) is 10.8 Å². The summed E-state index contributed by atoms with van der Waals surface area (Å²) in [5.74, 6) is 0.428. The minimum atomic E-state index is -0.266. The third kappa shape index (κ3) is 2.63. The zero-order valence-corrected chi connectivity index (χ0v) is 11.3. The second-order valence-corrected chi connectivity index (χ2v) is 4.72. The molecule has 0 fully saturated rings. The van der Waals surface area contributed by atoms with Gasteiger partial charge in [-0.25, -0.2) is 4.39 Å². The predicted molar refractivity (Wildman–Crippen MR) is 82.6 cm³/mol. The van der Waals surface area contributed by atoms with Gasteiger partial charge >= 0.3 is 0 Å². The molecule has 0 amide bonds. The Balaban J connectivity index is 1.95. The molecular weight excluding hydrogens is 265 g/mol. The van der Waals surface area contributed by atoms with E-state index in [0.717, 1.165) is 16.3 Å². The average molecular weight is 279 g/mol. The van der Waals surface area contributed by atoms with E-state index in [-0.39, 0.29) is 12.4 Å². The number of hydrogen-bond donors (Lipinski definition) is 1. The lowest BCUT2D eigenvalue weighted by Gasteiger charge is -2.11. The quantitative estimate of drug-likeness (QED) is 0.698. The number of fused-ring (bicyclic) bond motifs is 1. The monoisotopic (exact) mass is 279 g/mol. The van der Waals surface area contributed by atoms with Crippen molar-refractivity contribution in [2.24, 2.45) is 0 Å². The highest BCUT2D eigenvalue weighted by atomic mass is 19.1. The van der Waals surface area contributed by atoms with Gasteiger partial charge in [-0.2, -0.15) is 0 Å². The van der Waals surface area contributed by atoms with Gasteiger partial charge in [0.15, 0.2) is 0 Å². The van der Waals surface area contributed by atoms with Crippen molar-refractivity contribution in [3.63, 3.8) is 0 Å². The smallest absolute Gasteiger partial charge is 0.129 e. The van der Waals surface area contributed by atoms with Crippen molar-refractivity contribution in [3.8, 4) is 5.75 Å². The van der Waals surface area contributed by atoms with Crippen molar-refractivity contribution in [1.82, 2.24) is 0 Å². The van der Waals surface area contributed by atoms with Crippen molar-refractivity contribution in [3.05, 3.63) is 77.6 Å². The summed E-state index contributed by atoms with van der Waals surface area (Å²) in [7, 11) is 0. The average Bonchev–Trinajstić information content (AvgIpc) is 2.54. The van der Waals surface area contributed by atoms with Crippen LogP contribution in [0.2, 0.25) is 0 Å². The highest BCUT2D eigenvalue weighted by Gasteiger charge is 2.07. The van der Waals surface area contributed by atoms with Crippen molar-refractivity contribution in [2.75, 3.05) is 0 Å². The van der Waals surface area contributed by atoms with E-state index in [0.29, 0.717) is 11.3 Å². The van der Waals surface area contributed by atoms with Gasteiger partial charge in [-0.1, -0.05) is 42.5 Å². The summed E-state index contributed by atoms with van der Waals surface area (Å²) in [6.07, 6.45) is 1.32. The van der Waals surface area contributed by atoms with Crippen LogP contribution in [0.15, 0.2) is 60.7 Å². The lowest BCUT2D eigenvalue weighted by Crippen LogP contribution is -1.99. The number of benzene rings is 3. The third-order valence-corrected chi connectivity index (χ3v) is 3.41. The molecule has 0 atom stereocenters. The Morgan fingerprint density at radius 3 is 2.38 bits per heavy atom. The fraction of sp³-hybridized carbons (Fsp3) is 0.0556. The number of nitrogens with one attached hydrogen (secondary N) is 1. The number of halogens is 1. The largest absolute Gasteiger partial charge is 0.488 e. The first-order valence-corrected chi connectivity index (χ1v) is 6.68. The molecule has 0 aliphatic heterocycles. The maximum Gasteiger partial charge on any atom is 0.129 e. The van der Waals surface area contributed by atoms with Crippen molar-refractivity contribution in [2.45, 2.75) is 6.61 Å². The predicted octanol–water partition coefficient (Wildman–Crippen LogP) is 4.56. The molecule has 21 heavy (non-hydrogen) atoms. The summed E-state index contributed by atoms with van der Waals surface area (Å²) in [4.78, 5) is 0. The van der Waals surface area contributed by atoms with Crippen LogP contribution in [-0.4, -0.2) is 6.21 Å². The van der Waals surface area contributed by atoms with Crippen molar-refractivity contribution < 1.29 is 9.13 Å². The standard InChI is InChI=1S/C18H14FNO/c19-17-8-4-1-5-14(17)12-21-18-10-9-13(11-20)15-6-2-3-7-16(15)18/h1-11,20H,12H2. The SMILES string of the molecule is N=Cc1ccc(OCc2ccccc2F)c2ccccc12. The molecule has 0 aromatic heterocycles. The highest BCUT2D eigenvalue weighted by Crippen LogP contribution is 2.28. The van der Waals surface area contributed by atoms with E-state index < -0.39 is 0 Å². The molecule has 0 spiro atoms. The van der Waals surface area contributed by atoms with Crippen LogP contribution in [0.4, 0.5) is 4.39 Å². The minimum absolute atomic E-state index is 0.181. The van der Waals surface area contributed by atoms with E-state index in [1.807, 2.05) is 36.4 Å². The third-order valence-electron chi connectivity index (χ3n) is 3.41. The van der Waals surface area contributed by atoms with Crippen molar-refractivity contribution >= 4 is 17.0 Å². The molecule has 3 aromatic rings. The van der Waals surface area contributed by atoms with Gasteiger partial charge < -0.3 is 10.1 Å². The minimum Gasteiger partial charge on any atom is -0.488 e. The van der Waals surface area contributed by atoms with Crippen molar-refractivity contribution in [1.29, 1.82) is 5.41 Å². The maximum atomic E-state index is 13.6. The fourth-order valence-corrected chi connectivity index (χ4v) is 2.32. The molecule has 0 bridgehead atoms. The topological polar surface area (TPSA) is 33.1 Å². The van der Waals surface area contributed by atoms with Crippen LogP contribution in [0.3, 0.4) is 0 Å². The summed E-state index contributed by atoms with van der Waals surface area (Å²) in [5.41, 5.74) is 1.36. The highest BCUT2D eigenvalue weighted by molar-refractivity contribution is 6.01. The molecule has 3 heteroatoms. The molecule has 0 unspecified atom stereocenters. The van der Waals surface area contributed by atoms with Crippen LogP contribution in [0.1, 0.15) is 11.1 Å². The Hall–Kier alpha value is -2.68. The van der Waals surface area contributed by atoms with Gasteiger partial charge in [0.25, 0.3) is 0 Å². The Bertz CT molecular complexity index is 798. The molecule has 0 saturated carbocycles. The molecule has 2 nitrogen and oxygen atoms in total. The second kappa shape index (κ2) is 5.75. The molecule has 0 aliphatic carbocycles. The second-order valence-electron chi connectivity index (χ2n) is 4.72. The summed E-state index contributed by atoms with van der Waals surface area (Å²) in [6.45, 7) is 0.181. The van der Waals surface area contributed by atoms with E-state index in [2.05, 4.69) is 0 Å². The Morgan fingerprint density at radius 2 is 1.62 bits per heavy atom. The molecule has 3 rings (SSSR count). The first kappa shape index (κ1) is 13.3. The zero-order chi connectivity index (χ0) is 14.7. The molecular formula is C18H14FNO. The zero-order valence-electron chi connectivity index (χ0n) is 11.3. The Labute approximate surface area is 122 Å². The lowest BCUT2D eigenvalue weighted by atomic mass is 10.0. The van der Waals surface area contributed by atoms with Crippen LogP contribution in [0.5, 0.6) is 5.75 Å². The van der Waals surface area contributed by atoms with Gasteiger partial charge in [-0.3, -0.25) is 0 Å².